The zero-order valence-corrected chi connectivity index (χ0v) is 35.6. The number of rotatable bonds is 9. The van der Waals surface area contributed by atoms with E-state index in [4.69, 9.17) is 51.6 Å². The van der Waals surface area contributed by atoms with Crippen LogP contribution in [0.2, 0.25) is 0 Å². The van der Waals surface area contributed by atoms with Gasteiger partial charge in [-0.1, -0.05) is 19.4 Å². The second kappa shape index (κ2) is 17.5. The zero-order valence-electron chi connectivity index (χ0n) is 33.0. The summed E-state index contributed by atoms with van der Waals surface area (Å²) in [5, 5.41) is 0. The quantitative estimate of drug-likeness (QED) is 0.0799. The number of imidazole rings is 2. The van der Waals surface area contributed by atoms with Crippen molar-refractivity contribution in [2.24, 2.45) is 5.92 Å². The van der Waals surface area contributed by atoms with Gasteiger partial charge in [0.2, 0.25) is 0 Å². The van der Waals surface area contributed by atoms with E-state index in [-0.39, 0.29) is 45.5 Å². The number of halogens is 2. The second-order valence-corrected chi connectivity index (χ2v) is 20.7. The van der Waals surface area contributed by atoms with E-state index >= 15 is 8.78 Å². The number of carbonyl (C=O) groups is 1. The predicted molar refractivity (Wildman–Crippen MR) is 223 cm³/mol. The summed E-state index contributed by atoms with van der Waals surface area (Å²) in [5.74, 6) is -0.924. The third kappa shape index (κ3) is 8.78. The zero-order chi connectivity index (χ0) is 44.0. The van der Waals surface area contributed by atoms with Crippen LogP contribution in [0.1, 0.15) is 35.3 Å². The Bertz CT molecular complexity index is 2740. The monoisotopic (exact) mass is 924 g/mol. The van der Waals surface area contributed by atoms with Crippen molar-refractivity contribution in [3.63, 3.8) is 0 Å². The third-order valence-corrected chi connectivity index (χ3v) is 15.7. The van der Waals surface area contributed by atoms with Gasteiger partial charge in [0, 0.05) is 11.7 Å². The number of nitrogens with two attached hydrogens (primary N) is 2. The molecule has 3 aliphatic heterocycles. The molecule has 2 aromatic carbocycles. The Labute approximate surface area is 361 Å². The molecule has 20 nitrogen and oxygen atoms in total. The molecule has 26 heteroatoms. The number of carbonyl (C=O) groups excluding carboxylic acids is 1. The van der Waals surface area contributed by atoms with Crippen molar-refractivity contribution in [1.29, 1.82) is 0 Å². The summed E-state index contributed by atoms with van der Waals surface area (Å²) in [5.41, 5.74) is 13.5. The number of nitrogen functional groups attached to an aromatic ring is 2. The third-order valence-electron chi connectivity index (χ3n) is 10.6. The average Bonchev–Trinajstić information content (AvgIpc) is 4.04. The summed E-state index contributed by atoms with van der Waals surface area (Å²) in [6, 6.07) is 12.9. The van der Waals surface area contributed by atoms with Crippen LogP contribution in [0.3, 0.4) is 0 Å². The van der Waals surface area contributed by atoms with E-state index in [1.165, 1.54) is 34.4 Å². The molecule has 3 aliphatic rings. The Balaban J connectivity index is 0.984. The highest BCUT2D eigenvalue weighted by Crippen LogP contribution is 2.65. The van der Waals surface area contributed by atoms with Gasteiger partial charge in [-0.2, -0.15) is 0 Å². The number of anilines is 2. The largest absolute Gasteiger partial charge is 0.494 e. The van der Waals surface area contributed by atoms with Crippen molar-refractivity contribution in [3.8, 4) is 11.5 Å². The van der Waals surface area contributed by atoms with Crippen LogP contribution in [0.4, 0.5) is 20.4 Å². The molecule has 0 aliphatic carbocycles. The van der Waals surface area contributed by atoms with Crippen LogP contribution in [-0.2, 0) is 37.9 Å². The Morgan fingerprint density at radius 1 is 0.825 bits per heavy atom. The smallest absolute Gasteiger partial charge is 0.389 e. The number of esters is 1. The molecule has 329 valence electrons. The first kappa shape index (κ1) is 43.2. The van der Waals surface area contributed by atoms with Crippen LogP contribution in [0.5, 0.6) is 11.5 Å². The summed E-state index contributed by atoms with van der Waals surface area (Å²) >= 11 is 0.714. The Morgan fingerprint density at radius 2 is 1.41 bits per heavy atom. The number of aromatic nitrogens is 8. The number of benzene rings is 2. The molecule has 0 spiro atoms. The molecule has 3 fully saturated rings. The number of nitrogens with zero attached hydrogens (tertiary/aromatic N) is 8. The van der Waals surface area contributed by atoms with Gasteiger partial charge in [0.15, 0.2) is 47.7 Å². The highest BCUT2D eigenvalue weighted by atomic mass is 32.7. The topological polar surface area (TPSA) is 255 Å². The summed E-state index contributed by atoms with van der Waals surface area (Å²) in [6.07, 6.45) is -6.83. The maximum atomic E-state index is 16.8. The molecule has 3 radical (unpaired) electrons. The van der Waals surface area contributed by atoms with Crippen molar-refractivity contribution in [2.45, 2.75) is 55.8 Å². The normalized spacial score (nSPS) is 30.0. The number of ether oxygens (including phenoxy) is 4. The van der Waals surface area contributed by atoms with Crippen LogP contribution in [-0.4, -0.2) is 109 Å². The molecule has 0 amide bonds. The number of hydrogen-bond donors (Lipinski definition) is 2. The fourth-order valence-corrected chi connectivity index (χ4v) is 12.4. The maximum absolute atomic E-state index is 16.8. The molecule has 4 aromatic heterocycles. The van der Waals surface area contributed by atoms with Crippen LogP contribution >= 0.6 is 25.4 Å². The predicted octanol–water partition coefficient (Wildman–Crippen LogP) is 5.37. The Hall–Kier alpha value is -5.06. The minimum atomic E-state index is -4.49. The summed E-state index contributed by atoms with van der Waals surface area (Å²) in [4.78, 5) is 37.4. The van der Waals surface area contributed by atoms with Crippen LogP contribution in [0, 0.1) is 5.92 Å². The van der Waals surface area contributed by atoms with Crippen molar-refractivity contribution >= 4 is 72.9 Å². The van der Waals surface area contributed by atoms with Crippen molar-refractivity contribution in [3.05, 3.63) is 85.0 Å². The number of hydrogen-bond acceptors (Lipinski definition) is 19. The highest BCUT2D eigenvalue weighted by Gasteiger charge is 2.53. The lowest BCUT2D eigenvalue weighted by atomic mass is 10.0. The molecule has 0 bridgehead atoms. The molecule has 10 atom stereocenters. The van der Waals surface area contributed by atoms with Crippen LogP contribution < -0.4 is 20.9 Å². The van der Waals surface area contributed by atoms with Gasteiger partial charge in [0.25, 0.3) is 0 Å². The minimum absolute atomic E-state index is 0.0225. The minimum Gasteiger partial charge on any atom is -0.494 e. The molecule has 4 N–H and O–H groups in total. The lowest BCUT2D eigenvalue weighted by Gasteiger charge is -2.34. The Kier molecular flexibility index (Phi) is 12.0. The fraction of sp³-hybridized carbons (Fsp3) is 0.378. The molecule has 7 heterocycles. The Morgan fingerprint density at radius 3 is 2.05 bits per heavy atom. The summed E-state index contributed by atoms with van der Waals surface area (Å²) in [6.45, 7) is -3.37. The lowest BCUT2D eigenvalue weighted by molar-refractivity contribution is -0.0448. The summed E-state index contributed by atoms with van der Waals surface area (Å²) < 4.78 is 106. The molecule has 1 unspecified atom stereocenters. The van der Waals surface area contributed by atoms with E-state index in [9.17, 15) is 13.9 Å². The van der Waals surface area contributed by atoms with Gasteiger partial charge in [-0.15, -0.1) is 0 Å². The maximum Gasteiger partial charge on any atom is 0.389 e. The summed E-state index contributed by atoms with van der Waals surface area (Å²) in [7, 11) is 2.03. The second-order valence-electron chi connectivity index (χ2n) is 14.6. The fourth-order valence-electron chi connectivity index (χ4n) is 7.45. The van der Waals surface area contributed by atoms with Gasteiger partial charge in [-0.3, -0.25) is 18.2 Å². The molecule has 0 saturated carbocycles. The van der Waals surface area contributed by atoms with E-state index < -0.39 is 88.4 Å². The molecular weight excluding hydrogens is 887 g/mol. The van der Waals surface area contributed by atoms with Crippen LogP contribution in [0.25, 0.3) is 22.3 Å². The van der Waals surface area contributed by atoms with Crippen molar-refractivity contribution < 1.29 is 55.2 Å². The average molecular weight is 925 g/mol. The molecule has 6 aromatic rings. The van der Waals surface area contributed by atoms with Crippen molar-refractivity contribution in [1.82, 2.24) is 39.0 Å². The SMILES string of the molecule is [B-][P@@]1(=O)C[C@H]2[C@@H](F)[C@H](n3cnc4c(N)ncnc43)O[C@@H]2COP(=O)(SCc2ccc(OC(=O)c3ccc(OCC)cc3)cc2)O[C@H]2[C@@H](F)[C@H](n3cnc4c(N)ncnc43)O[C@@H]2CO1. The van der Waals surface area contributed by atoms with Gasteiger partial charge in [-0.05, 0) is 66.4 Å². The molecule has 3 saturated heterocycles. The first-order valence-electron chi connectivity index (χ1n) is 19.4. The van der Waals surface area contributed by atoms with Crippen LogP contribution in [0.15, 0.2) is 73.8 Å². The van der Waals surface area contributed by atoms with E-state index in [0.717, 1.165) is 0 Å². The van der Waals surface area contributed by atoms with E-state index in [1.807, 2.05) is 6.92 Å². The van der Waals surface area contributed by atoms with Gasteiger partial charge in [0.1, 0.15) is 47.4 Å². The lowest BCUT2D eigenvalue weighted by Crippen LogP contribution is -2.35. The number of fused-ring (bicyclic) bond motifs is 4. The van der Waals surface area contributed by atoms with Gasteiger partial charge in [-0.25, -0.2) is 48.0 Å². The molecular formula is C37H37BF2N10O10P2S-. The first-order chi connectivity index (χ1) is 30.3. The highest BCUT2D eigenvalue weighted by molar-refractivity contribution is 8.54. The standard InChI is InChI=1S/C37H37BF2N10O10P2S/c1-2-54-21-9-5-20(6-10-21)37(51)57-22-7-3-19(4-8-22)14-63-62(53)56-11-24-23(26(39)35(58-24)49-17-47-28-31(41)43-15-45-33(28)49)13-61(38,52)55-12-25-30(60-62)27(40)36(59-25)50-18-48-29-32(42)44-16-46-34(29)50/h3-10,15-18,23-27,30,35-36H,2,11-14H2,1H3,(H2,41,43,45)(H2,42,44,46)/q-1/t23-,24-,25-,26-,27-,30-,35-,36-,61-,62?/m1/s1. The van der Waals surface area contributed by atoms with E-state index in [1.54, 1.807) is 48.5 Å². The van der Waals surface area contributed by atoms with Crippen molar-refractivity contribution in [2.75, 3.05) is 37.4 Å². The molecule has 9 rings (SSSR count). The van der Waals surface area contributed by atoms with Gasteiger partial charge in [0.05, 0.1) is 44.1 Å². The van der Waals surface area contributed by atoms with Gasteiger partial charge < -0.3 is 47.1 Å². The van der Waals surface area contributed by atoms with E-state index in [2.05, 4.69) is 29.9 Å². The molecule has 63 heavy (non-hydrogen) atoms. The van der Waals surface area contributed by atoms with Gasteiger partial charge >= 0.3 is 12.8 Å². The first-order valence-corrected chi connectivity index (χ1v) is 24.4. The van der Waals surface area contributed by atoms with E-state index in [0.29, 0.717) is 34.9 Å². The number of alkyl halides is 2.